The highest BCUT2D eigenvalue weighted by molar-refractivity contribution is 7.96. The summed E-state index contributed by atoms with van der Waals surface area (Å²) in [4.78, 5) is 45.2. The van der Waals surface area contributed by atoms with E-state index in [0.29, 0.717) is 5.42 Å². The Morgan fingerprint density at radius 3 is 1.64 bits per heavy atom. The van der Waals surface area contributed by atoms with E-state index in [1.54, 1.807) is 31.2 Å². The summed E-state index contributed by atoms with van der Waals surface area (Å²) in [6.07, 6.45) is -1.01. The maximum absolute atomic E-state index is 14.5. The molecule has 6 rings (SSSR count). The number of carbonyl (C=O) groups excluding carboxylic acids is 3. The number of hydrogen-bond donors (Lipinski definition) is 2. The number of aliphatic hydroxyl groups is 2. The van der Waals surface area contributed by atoms with Crippen LogP contribution in [0.4, 0.5) is 0 Å². The van der Waals surface area contributed by atoms with Crippen molar-refractivity contribution in [2.75, 3.05) is 19.7 Å². The highest BCUT2D eigenvalue weighted by Gasteiger charge is 2.62. The molecular weight excluding hydrogens is 611 g/mol. The van der Waals surface area contributed by atoms with Gasteiger partial charge in [-0.1, -0.05) is 123 Å². The van der Waals surface area contributed by atoms with Gasteiger partial charge in [0.2, 0.25) is 0 Å². The predicted octanol–water partition coefficient (Wildman–Crippen LogP) is 3.32. The second-order valence-electron chi connectivity index (χ2n) is 11.8. The summed E-state index contributed by atoms with van der Waals surface area (Å²) >= 11 is 0. The van der Waals surface area contributed by atoms with Gasteiger partial charge in [-0.25, -0.2) is 4.79 Å². The van der Waals surface area contributed by atoms with Crippen molar-refractivity contribution >= 4 is 46.0 Å². The Kier molecular flexibility index (Phi) is 9.13. The maximum Gasteiger partial charge on any atom is 0.350 e. The molecule has 9 heteroatoms. The Bertz CT molecular complexity index is 1720. The summed E-state index contributed by atoms with van der Waals surface area (Å²) in [6, 6.07) is 35.9. The summed E-state index contributed by atoms with van der Waals surface area (Å²) in [5.74, 6) is -1.66. The van der Waals surface area contributed by atoms with Crippen LogP contribution in [0.25, 0.3) is 0 Å². The Morgan fingerprint density at radius 2 is 1.23 bits per heavy atom. The molecule has 2 N–H and O–H groups in total. The van der Waals surface area contributed by atoms with Gasteiger partial charge in [-0.3, -0.25) is 19.4 Å². The Labute approximate surface area is 274 Å². The molecule has 0 radical (unpaired) electrons. The molecule has 2 amide bonds. The smallest absolute Gasteiger partial charge is 0.350 e. The lowest BCUT2D eigenvalue weighted by Gasteiger charge is -2.57. The molecule has 2 aliphatic heterocycles. The Hall–Kier alpha value is -4.59. The van der Waals surface area contributed by atoms with Gasteiger partial charge < -0.3 is 14.9 Å². The topological polar surface area (TPSA) is 107 Å². The van der Waals surface area contributed by atoms with Crippen molar-refractivity contribution in [1.29, 1.82) is 0 Å². The molecule has 2 atom stereocenters. The molecule has 4 aromatic carbocycles. The van der Waals surface area contributed by atoms with Gasteiger partial charge in [-0.05, 0) is 34.5 Å². The zero-order valence-electron chi connectivity index (χ0n) is 26.1. The first-order valence-corrected chi connectivity index (χ1v) is 17.4. The van der Waals surface area contributed by atoms with Crippen LogP contribution in [0.2, 0.25) is 0 Å². The first-order valence-electron chi connectivity index (χ1n) is 15.6. The normalized spacial score (nSPS) is 17.0. The number of aliphatic hydroxyl groups excluding tert-OH is 2. The van der Waals surface area contributed by atoms with Crippen LogP contribution in [0.5, 0.6) is 0 Å². The molecule has 1 unspecified atom stereocenters. The number of likely N-dealkylation sites (tertiary alicyclic amines) is 1. The van der Waals surface area contributed by atoms with Crippen molar-refractivity contribution in [2.24, 2.45) is 0 Å². The molecule has 2 aliphatic rings. The molecule has 0 spiro atoms. The number of carbonyl (C=O) groups is 3. The van der Waals surface area contributed by atoms with Crippen LogP contribution in [0.3, 0.4) is 0 Å². The Balaban J connectivity index is 1.63. The zero-order valence-corrected chi connectivity index (χ0v) is 27.0. The van der Waals surface area contributed by atoms with E-state index in [4.69, 9.17) is 4.74 Å². The number of imide groups is 1. The number of fused-ring (bicyclic) bond motifs is 1. The third-order valence-electron chi connectivity index (χ3n) is 9.06. The van der Waals surface area contributed by atoms with Gasteiger partial charge in [0.25, 0.3) is 11.8 Å². The summed E-state index contributed by atoms with van der Waals surface area (Å²) in [5.41, 5.74) is -0.689. The quantitative estimate of drug-likeness (QED) is 0.111. The minimum atomic E-state index is -3.02. The molecule has 1 saturated heterocycles. The van der Waals surface area contributed by atoms with Crippen LogP contribution in [0.1, 0.15) is 34.1 Å². The number of hydrogen-bond acceptors (Lipinski definition) is 6. The number of nitrogens with zero attached hydrogens (tertiary/aromatic N) is 2. The molecule has 2 heterocycles. The molecule has 240 valence electrons. The number of ether oxygens (including phenoxy) is 1. The lowest BCUT2D eigenvalue weighted by molar-refractivity contribution is -0.138. The van der Waals surface area contributed by atoms with E-state index in [1.807, 2.05) is 95.9 Å². The third kappa shape index (κ3) is 5.28. The fourth-order valence-corrected chi connectivity index (χ4v) is 11.2. The lowest BCUT2D eigenvalue weighted by atomic mass is 9.78. The Morgan fingerprint density at radius 1 is 0.809 bits per heavy atom. The van der Waals surface area contributed by atoms with E-state index in [9.17, 15) is 24.6 Å². The summed E-state index contributed by atoms with van der Waals surface area (Å²) in [6.45, 7) is 2.22. The summed E-state index contributed by atoms with van der Waals surface area (Å²) in [5, 5.41) is 25.4. The highest BCUT2D eigenvalue weighted by atomic mass is 31.2. The van der Waals surface area contributed by atoms with Gasteiger partial charge in [-0.15, -0.1) is 0 Å². The van der Waals surface area contributed by atoms with Crippen LogP contribution in [-0.2, 0) is 9.53 Å². The highest BCUT2D eigenvalue weighted by Crippen LogP contribution is 2.50. The maximum atomic E-state index is 14.5. The van der Waals surface area contributed by atoms with Crippen molar-refractivity contribution in [3.8, 4) is 0 Å². The van der Waals surface area contributed by atoms with E-state index in [1.165, 1.54) is 6.08 Å². The largest absolute Gasteiger partial charge is 0.457 e. The van der Waals surface area contributed by atoms with E-state index in [0.717, 1.165) is 20.8 Å². The molecule has 0 bridgehead atoms. The second-order valence-corrected chi connectivity index (χ2v) is 15.1. The number of benzene rings is 4. The van der Waals surface area contributed by atoms with Crippen molar-refractivity contribution in [3.05, 3.63) is 139 Å². The van der Waals surface area contributed by atoms with Gasteiger partial charge in [0, 0.05) is 20.0 Å². The minimum absolute atomic E-state index is 0.0325. The fourth-order valence-electron chi connectivity index (χ4n) is 6.85. The predicted molar refractivity (Wildman–Crippen MR) is 185 cm³/mol. The molecule has 47 heavy (non-hydrogen) atoms. The zero-order chi connectivity index (χ0) is 33.2. The molecular formula is C38H37N2O6P. The van der Waals surface area contributed by atoms with Gasteiger partial charge in [0.15, 0.2) is 0 Å². The van der Waals surface area contributed by atoms with E-state index in [2.05, 4.69) is 6.58 Å². The first kappa shape index (κ1) is 32.4. The van der Waals surface area contributed by atoms with Crippen LogP contribution in [-0.4, -0.2) is 80.7 Å². The second kappa shape index (κ2) is 13.3. The molecule has 8 nitrogen and oxygen atoms in total. The SMILES string of the molecule is C=CCOC(=O)C(N1CC([C@@H](O)C(O)CC)(N2C(=O)c3ccccc3C2=O)C1)=P(c1ccccc1)(c1ccccc1)c1ccccc1. The van der Waals surface area contributed by atoms with Crippen LogP contribution >= 0.6 is 6.89 Å². The van der Waals surface area contributed by atoms with Gasteiger partial charge in [-0.2, -0.15) is 0 Å². The lowest BCUT2D eigenvalue weighted by Crippen LogP contribution is -2.79. The minimum Gasteiger partial charge on any atom is -0.457 e. The van der Waals surface area contributed by atoms with E-state index >= 15 is 0 Å². The van der Waals surface area contributed by atoms with Gasteiger partial charge >= 0.3 is 5.97 Å². The van der Waals surface area contributed by atoms with Crippen molar-refractivity contribution in [3.63, 3.8) is 0 Å². The summed E-state index contributed by atoms with van der Waals surface area (Å²) in [7, 11) is 0. The van der Waals surface area contributed by atoms with Gasteiger partial charge in [0.1, 0.15) is 23.7 Å². The molecule has 0 aromatic heterocycles. The monoisotopic (exact) mass is 648 g/mol. The molecule has 4 aromatic rings. The molecule has 0 aliphatic carbocycles. The average Bonchev–Trinajstić information content (AvgIpc) is 3.36. The van der Waals surface area contributed by atoms with Crippen molar-refractivity contribution in [2.45, 2.75) is 31.1 Å². The average molecular weight is 649 g/mol. The summed E-state index contributed by atoms with van der Waals surface area (Å²) < 4.78 is 5.83. The van der Waals surface area contributed by atoms with Crippen molar-refractivity contribution < 1.29 is 29.3 Å². The molecule has 0 saturated carbocycles. The fraction of sp³-hybridized carbons (Fsp3) is 0.211. The van der Waals surface area contributed by atoms with E-state index in [-0.39, 0.29) is 37.2 Å². The van der Waals surface area contributed by atoms with Gasteiger partial charge in [0.05, 0.1) is 17.2 Å². The van der Waals surface area contributed by atoms with Crippen molar-refractivity contribution in [1.82, 2.24) is 9.80 Å². The standard InChI is InChI=1S/C38H37N2O6P/c1-3-24-46-37(45)36(47(27-16-8-5-9-17-27,28-18-10-6-11-19-28)29-20-12-7-13-21-29)39-25-38(26-39,33(42)32(41)4-2)40-34(43)30-22-14-15-23-31(30)35(40)44/h3,5-23,32-33,41-42H,1,4,24-26H2,2H3/t32?,33-/m0/s1. The molecule has 1 fully saturated rings. The number of amides is 2. The van der Waals surface area contributed by atoms with Crippen LogP contribution in [0, 0.1) is 0 Å². The van der Waals surface area contributed by atoms with Crippen LogP contribution in [0.15, 0.2) is 128 Å². The number of esters is 1. The number of rotatable bonds is 11. The van der Waals surface area contributed by atoms with E-state index < -0.39 is 42.4 Å². The third-order valence-corrected chi connectivity index (χ3v) is 13.4. The van der Waals surface area contributed by atoms with Crippen LogP contribution < -0.4 is 15.9 Å². The first-order chi connectivity index (χ1) is 22.8.